The number of nitrogens with zero attached hydrogens (tertiary/aromatic N) is 6. The zero-order valence-electron chi connectivity index (χ0n) is 15.8. The maximum Gasteiger partial charge on any atom is 0.193 e. The maximum atomic E-state index is 4.61. The molecule has 26 heavy (non-hydrogen) atoms. The number of hydrogen-bond donors (Lipinski definition) is 1. The van der Waals surface area contributed by atoms with E-state index in [9.17, 15) is 0 Å². The molecule has 1 fully saturated rings. The molecule has 1 saturated heterocycles. The van der Waals surface area contributed by atoms with Gasteiger partial charge in [0, 0.05) is 52.9 Å². The minimum atomic E-state index is 0. The fourth-order valence-electron chi connectivity index (χ4n) is 3.19. The molecule has 3 rings (SSSR count). The Kier molecular flexibility index (Phi) is 7.69. The van der Waals surface area contributed by atoms with E-state index in [1.807, 2.05) is 44.0 Å². The van der Waals surface area contributed by atoms with Gasteiger partial charge in [0.25, 0.3) is 0 Å². The molecule has 1 aliphatic rings. The zero-order chi connectivity index (χ0) is 17.8. The molecule has 1 unspecified atom stereocenters. The highest BCUT2D eigenvalue weighted by Crippen LogP contribution is 2.21. The van der Waals surface area contributed by atoms with Crippen LogP contribution in [0.1, 0.15) is 17.7 Å². The number of aryl methyl sites for hydroxylation is 1. The summed E-state index contributed by atoms with van der Waals surface area (Å²) in [6.45, 7) is 2.79. The van der Waals surface area contributed by atoms with Gasteiger partial charge in [-0.25, -0.2) is 4.98 Å². The number of likely N-dealkylation sites (tertiary alicyclic amines) is 1. The lowest BCUT2D eigenvalue weighted by molar-refractivity contribution is 0.459. The van der Waals surface area contributed by atoms with E-state index < -0.39 is 0 Å². The van der Waals surface area contributed by atoms with Crippen LogP contribution in [0.5, 0.6) is 0 Å². The van der Waals surface area contributed by atoms with E-state index in [4.69, 9.17) is 0 Å². The van der Waals surface area contributed by atoms with Crippen LogP contribution in [0.4, 0.5) is 5.13 Å². The Labute approximate surface area is 176 Å². The molecule has 2 aromatic heterocycles. The van der Waals surface area contributed by atoms with Crippen LogP contribution >= 0.6 is 35.3 Å². The molecule has 0 aromatic carbocycles. The summed E-state index contributed by atoms with van der Waals surface area (Å²) in [7, 11) is 7.85. The first-order valence-electron chi connectivity index (χ1n) is 8.60. The van der Waals surface area contributed by atoms with Crippen LogP contribution < -0.4 is 10.2 Å². The second-order valence-corrected chi connectivity index (χ2v) is 7.58. The first-order chi connectivity index (χ1) is 12.0. The van der Waals surface area contributed by atoms with Gasteiger partial charge in [0.15, 0.2) is 11.1 Å². The summed E-state index contributed by atoms with van der Waals surface area (Å²) < 4.78 is 1.87. The van der Waals surface area contributed by atoms with E-state index in [1.165, 1.54) is 12.0 Å². The second-order valence-electron chi connectivity index (χ2n) is 6.74. The average molecular weight is 489 g/mol. The Morgan fingerprint density at radius 2 is 2.27 bits per heavy atom. The minimum absolute atomic E-state index is 0. The van der Waals surface area contributed by atoms with Crippen LogP contribution in [0.25, 0.3) is 0 Å². The Morgan fingerprint density at radius 3 is 2.88 bits per heavy atom. The van der Waals surface area contributed by atoms with Gasteiger partial charge in [-0.2, -0.15) is 5.10 Å². The van der Waals surface area contributed by atoms with Gasteiger partial charge in [-0.1, -0.05) is 0 Å². The van der Waals surface area contributed by atoms with Gasteiger partial charge >= 0.3 is 0 Å². The summed E-state index contributed by atoms with van der Waals surface area (Å²) in [6, 6.07) is 0. The molecule has 0 radical (unpaired) electrons. The van der Waals surface area contributed by atoms with Gasteiger partial charge in [0.1, 0.15) is 0 Å². The Morgan fingerprint density at radius 1 is 1.46 bits per heavy atom. The van der Waals surface area contributed by atoms with Gasteiger partial charge in [0.2, 0.25) is 0 Å². The van der Waals surface area contributed by atoms with Crippen molar-refractivity contribution in [3.8, 4) is 0 Å². The van der Waals surface area contributed by atoms with Crippen molar-refractivity contribution in [3.05, 3.63) is 29.0 Å². The van der Waals surface area contributed by atoms with Crippen molar-refractivity contribution in [3.63, 3.8) is 0 Å². The van der Waals surface area contributed by atoms with E-state index in [0.717, 1.165) is 36.3 Å². The van der Waals surface area contributed by atoms with Crippen LogP contribution in [0.3, 0.4) is 0 Å². The molecule has 1 atom stereocenters. The number of hydrogen-bond acceptors (Lipinski definition) is 5. The molecule has 7 nitrogen and oxygen atoms in total. The topological polar surface area (TPSA) is 61.6 Å². The van der Waals surface area contributed by atoms with Crippen molar-refractivity contribution in [2.24, 2.45) is 18.0 Å². The molecule has 0 aliphatic carbocycles. The van der Waals surface area contributed by atoms with Crippen molar-refractivity contribution >= 4 is 46.4 Å². The SMILES string of the molecule is CN=C(NCc1csc(N(C)C)n1)N1CCC(Cc2cnn(C)c2)C1.I. The largest absolute Gasteiger partial charge is 0.354 e. The predicted molar refractivity (Wildman–Crippen MR) is 119 cm³/mol. The molecule has 1 aliphatic heterocycles. The molecule has 0 amide bonds. The smallest absolute Gasteiger partial charge is 0.193 e. The predicted octanol–water partition coefficient (Wildman–Crippen LogP) is 2.20. The van der Waals surface area contributed by atoms with Gasteiger partial charge in [-0.15, -0.1) is 35.3 Å². The van der Waals surface area contributed by atoms with E-state index >= 15 is 0 Å². The third-order valence-electron chi connectivity index (χ3n) is 4.43. The molecule has 2 aromatic rings. The summed E-state index contributed by atoms with van der Waals surface area (Å²) in [5.74, 6) is 1.62. The van der Waals surface area contributed by atoms with Gasteiger partial charge in [-0.3, -0.25) is 9.67 Å². The van der Waals surface area contributed by atoms with Crippen molar-refractivity contribution in [1.82, 2.24) is 25.0 Å². The highest BCUT2D eigenvalue weighted by molar-refractivity contribution is 14.0. The van der Waals surface area contributed by atoms with Crippen LogP contribution in [0.2, 0.25) is 0 Å². The van der Waals surface area contributed by atoms with Crippen molar-refractivity contribution < 1.29 is 0 Å². The van der Waals surface area contributed by atoms with Crippen LogP contribution in [0, 0.1) is 5.92 Å². The fourth-order valence-corrected chi connectivity index (χ4v) is 3.95. The fraction of sp³-hybridized carbons (Fsp3) is 0.588. The monoisotopic (exact) mass is 489 g/mol. The normalized spacial score (nSPS) is 17.3. The quantitative estimate of drug-likeness (QED) is 0.397. The number of nitrogens with one attached hydrogen (secondary N) is 1. The van der Waals surface area contributed by atoms with Gasteiger partial charge in [-0.05, 0) is 24.3 Å². The third kappa shape index (κ3) is 5.32. The first-order valence-corrected chi connectivity index (χ1v) is 9.48. The maximum absolute atomic E-state index is 4.61. The average Bonchev–Trinajstić information content (AvgIpc) is 3.30. The van der Waals surface area contributed by atoms with Crippen molar-refractivity contribution in [2.45, 2.75) is 19.4 Å². The van der Waals surface area contributed by atoms with Crippen molar-refractivity contribution in [2.75, 3.05) is 39.1 Å². The highest BCUT2D eigenvalue weighted by Gasteiger charge is 2.25. The Hall–Kier alpha value is -1.36. The van der Waals surface area contributed by atoms with E-state index in [2.05, 4.69) is 36.9 Å². The lowest BCUT2D eigenvalue weighted by Gasteiger charge is -2.21. The lowest BCUT2D eigenvalue weighted by atomic mass is 10.0. The summed E-state index contributed by atoms with van der Waals surface area (Å²) in [5.41, 5.74) is 2.37. The summed E-state index contributed by atoms with van der Waals surface area (Å²) >= 11 is 1.67. The highest BCUT2D eigenvalue weighted by atomic mass is 127. The number of guanidine groups is 1. The standard InChI is InChI=1S/C17H27N7S.HI/c1-18-16(19-9-15-12-25-17(21-15)22(2)3)24-6-5-13(11-24)7-14-8-20-23(4)10-14;/h8,10,12-13H,5-7,9,11H2,1-4H3,(H,18,19);1H. The number of halogens is 1. The number of rotatable bonds is 5. The number of thiazole rings is 1. The molecule has 0 saturated carbocycles. The molecule has 0 bridgehead atoms. The molecule has 144 valence electrons. The lowest BCUT2D eigenvalue weighted by Crippen LogP contribution is -2.39. The third-order valence-corrected chi connectivity index (χ3v) is 5.49. The Balaban J connectivity index is 0.00000243. The van der Waals surface area contributed by atoms with Crippen LogP contribution in [0.15, 0.2) is 22.8 Å². The van der Waals surface area contributed by atoms with Gasteiger partial charge < -0.3 is 15.1 Å². The van der Waals surface area contributed by atoms with E-state index in [1.54, 1.807) is 11.3 Å². The van der Waals surface area contributed by atoms with E-state index in [0.29, 0.717) is 12.5 Å². The van der Waals surface area contributed by atoms with E-state index in [-0.39, 0.29) is 24.0 Å². The Bertz CT molecular complexity index is 724. The molecule has 9 heteroatoms. The molecular weight excluding hydrogens is 461 g/mol. The summed E-state index contributed by atoms with van der Waals surface area (Å²) in [6.07, 6.45) is 6.36. The van der Waals surface area contributed by atoms with Crippen LogP contribution in [-0.4, -0.2) is 59.9 Å². The van der Waals surface area contributed by atoms with Crippen molar-refractivity contribution in [1.29, 1.82) is 0 Å². The molecule has 1 N–H and O–H groups in total. The van der Waals surface area contributed by atoms with Crippen LogP contribution in [-0.2, 0) is 20.0 Å². The minimum Gasteiger partial charge on any atom is -0.354 e. The molecular formula is C17H28IN7S. The second kappa shape index (κ2) is 9.54. The van der Waals surface area contributed by atoms with Gasteiger partial charge in [0.05, 0.1) is 18.4 Å². The number of anilines is 1. The molecule has 3 heterocycles. The summed E-state index contributed by atoms with van der Waals surface area (Å²) in [4.78, 5) is 13.4. The summed E-state index contributed by atoms with van der Waals surface area (Å²) in [5, 5.41) is 10.9. The zero-order valence-corrected chi connectivity index (χ0v) is 19.0. The molecule has 0 spiro atoms. The number of aliphatic imine (C=N–C) groups is 1. The first kappa shape index (κ1) is 20.9. The number of aromatic nitrogens is 3.